The van der Waals surface area contributed by atoms with E-state index in [1.54, 1.807) is 31.3 Å². The molecule has 6 nitrogen and oxygen atoms in total. The molecule has 1 saturated heterocycles. The number of nitrogens with zero attached hydrogens (tertiary/aromatic N) is 3. The van der Waals surface area contributed by atoms with Crippen LogP contribution in [-0.2, 0) is 16.4 Å². The van der Waals surface area contributed by atoms with Gasteiger partial charge in [-0.1, -0.05) is 12.1 Å². The van der Waals surface area contributed by atoms with Crippen LogP contribution in [0.1, 0.15) is 12.5 Å². The first-order chi connectivity index (χ1) is 12.5. The van der Waals surface area contributed by atoms with Crippen LogP contribution in [-0.4, -0.2) is 75.9 Å². The summed E-state index contributed by atoms with van der Waals surface area (Å²) in [6.45, 7) is 3.15. The molecule has 160 valence electrons. The van der Waals surface area contributed by atoms with Crippen LogP contribution < -0.4 is 5.32 Å². The van der Waals surface area contributed by atoms with Crippen LogP contribution in [0.2, 0.25) is 0 Å². The Morgan fingerprint density at radius 2 is 1.71 bits per heavy atom. The van der Waals surface area contributed by atoms with Crippen LogP contribution in [0.4, 0.5) is 13.2 Å². The Bertz CT molecular complexity index is 762. The molecule has 1 aliphatic rings. The van der Waals surface area contributed by atoms with Crippen LogP contribution in [0.25, 0.3) is 0 Å². The van der Waals surface area contributed by atoms with Crippen LogP contribution in [0.5, 0.6) is 0 Å². The van der Waals surface area contributed by atoms with Gasteiger partial charge in [-0.05, 0) is 24.6 Å². The minimum Gasteiger partial charge on any atom is -0.352 e. The third-order valence-corrected chi connectivity index (χ3v) is 5.78. The van der Waals surface area contributed by atoms with Crippen LogP contribution in [0.15, 0.2) is 34.2 Å². The van der Waals surface area contributed by atoms with E-state index < -0.39 is 22.1 Å². The molecule has 11 heteroatoms. The summed E-state index contributed by atoms with van der Waals surface area (Å²) in [7, 11) is -1.61. The number of nitrogens with one attached hydrogen (secondary N) is 1. The molecule has 1 unspecified atom stereocenters. The summed E-state index contributed by atoms with van der Waals surface area (Å²) in [5, 5.41) is 3.17. The van der Waals surface area contributed by atoms with E-state index >= 15 is 0 Å². The molecule has 1 N–H and O–H groups in total. The fraction of sp³-hybridized carbons (Fsp3) is 0.588. The van der Waals surface area contributed by atoms with Crippen molar-refractivity contribution in [3.8, 4) is 0 Å². The Morgan fingerprint density at radius 3 is 2.14 bits per heavy atom. The number of alkyl halides is 3. The second kappa shape index (κ2) is 10.1. The van der Waals surface area contributed by atoms with Gasteiger partial charge in [0.25, 0.3) is 0 Å². The molecule has 0 spiro atoms. The summed E-state index contributed by atoms with van der Waals surface area (Å²) in [6.07, 6.45) is -3.07. The first-order valence-electron chi connectivity index (χ1n) is 8.57. The van der Waals surface area contributed by atoms with Gasteiger partial charge in [0.05, 0.1) is 4.90 Å². The average Bonchev–Trinajstić information content (AvgIpc) is 2.61. The molecule has 0 amide bonds. The van der Waals surface area contributed by atoms with Crippen molar-refractivity contribution in [2.24, 2.45) is 4.99 Å². The zero-order valence-corrected chi connectivity index (χ0v) is 19.2. The maximum absolute atomic E-state index is 12.8. The van der Waals surface area contributed by atoms with Crippen LogP contribution >= 0.6 is 24.0 Å². The predicted molar refractivity (Wildman–Crippen MR) is 114 cm³/mol. The van der Waals surface area contributed by atoms with Gasteiger partial charge in [0.15, 0.2) is 15.8 Å². The second-order valence-corrected chi connectivity index (χ2v) is 8.57. The molecular weight excluding hydrogens is 508 g/mol. The number of piperazine rings is 1. The van der Waals surface area contributed by atoms with E-state index in [9.17, 15) is 21.6 Å². The maximum Gasteiger partial charge on any atom is 0.403 e. The van der Waals surface area contributed by atoms with Crippen molar-refractivity contribution in [1.29, 1.82) is 0 Å². The lowest BCUT2D eigenvalue weighted by Crippen LogP contribution is -2.56. The van der Waals surface area contributed by atoms with Gasteiger partial charge in [0.2, 0.25) is 0 Å². The van der Waals surface area contributed by atoms with Crippen molar-refractivity contribution in [3.63, 3.8) is 0 Å². The summed E-state index contributed by atoms with van der Waals surface area (Å²) in [6, 6.07) is 5.08. The van der Waals surface area contributed by atoms with Gasteiger partial charge in [-0.3, -0.25) is 9.89 Å². The van der Waals surface area contributed by atoms with Crippen molar-refractivity contribution < 1.29 is 21.6 Å². The van der Waals surface area contributed by atoms with Crippen molar-refractivity contribution in [2.45, 2.75) is 30.6 Å². The van der Waals surface area contributed by atoms with Gasteiger partial charge in [0.1, 0.15) is 6.04 Å². The molecular formula is C17H26F3IN4O2S. The largest absolute Gasteiger partial charge is 0.403 e. The Morgan fingerprint density at radius 1 is 1.18 bits per heavy atom. The van der Waals surface area contributed by atoms with Gasteiger partial charge in [-0.2, -0.15) is 13.2 Å². The molecule has 1 fully saturated rings. The standard InChI is InChI=1S/C17H25F3N4O2S.HI/c1-13(17(18,19)20)23-8-10-24(11-9-23)16(21-2)22-12-14-4-6-15(7-5-14)27(3,25)26;/h4-7,13H,8-12H2,1-3H3,(H,21,22);1H. The number of hydrogen-bond donors (Lipinski definition) is 1. The highest BCUT2D eigenvalue weighted by Gasteiger charge is 2.41. The SMILES string of the molecule is CN=C(NCc1ccc(S(C)(=O)=O)cc1)N1CCN(C(C)C(F)(F)F)CC1.I. The molecule has 0 aliphatic carbocycles. The van der Waals surface area contributed by atoms with E-state index in [1.165, 1.54) is 11.8 Å². The molecule has 1 aromatic carbocycles. The maximum atomic E-state index is 12.8. The topological polar surface area (TPSA) is 65.0 Å². The van der Waals surface area contributed by atoms with Gasteiger partial charge in [-0.15, -0.1) is 24.0 Å². The summed E-state index contributed by atoms with van der Waals surface area (Å²) in [5.41, 5.74) is 0.882. The highest BCUT2D eigenvalue weighted by Crippen LogP contribution is 2.25. The normalized spacial score (nSPS) is 17.8. The first-order valence-corrected chi connectivity index (χ1v) is 10.5. The third-order valence-electron chi connectivity index (χ3n) is 4.65. The smallest absolute Gasteiger partial charge is 0.352 e. The quantitative estimate of drug-likeness (QED) is 0.365. The van der Waals surface area contributed by atoms with E-state index in [4.69, 9.17) is 0 Å². The lowest BCUT2D eigenvalue weighted by atomic mass is 10.2. The number of halogens is 4. The number of rotatable bonds is 4. The van der Waals surface area contributed by atoms with E-state index in [1.807, 2.05) is 4.90 Å². The fourth-order valence-corrected chi connectivity index (χ4v) is 3.53. The number of aliphatic imine (C=N–C) groups is 1. The van der Waals surface area contributed by atoms with E-state index in [0.717, 1.165) is 11.8 Å². The van der Waals surface area contributed by atoms with E-state index in [2.05, 4.69) is 10.3 Å². The lowest BCUT2D eigenvalue weighted by Gasteiger charge is -2.39. The zero-order valence-electron chi connectivity index (χ0n) is 16.0. The molecule has 1 aromatic rings. The average molecular weight is 534 g/mol. The van der Waals surface area contributed by atoms with Crippen LogP contribution in [0.3, 0.4) is 0 Å². The van der Waals surface area contributed by atoms with E-state index in [-0.39, 0.29) is 28.9 Å². The fourth-order valence-electron chi connectivity index (χ4n) is 2.90. The van der Waals surface area contributed by atoms with Crippen molar-refractivity contribution >= 4 is 39.8 Å². The molecule has 0 aromatic heterocycles. The van der Waals surface area contributed by atoms with Gasteiger partial charge < -0.3 is 10.2 Å². The monoisotopic (exact) mass is 534 g/mol. The number of benzene rings is 1. The summed E-state index contributed by atoms with van der Waals surface area (Å²) >= 11 is 0. The number of sulfone groups is 1. The molecule has 1 heterocycles. The Balaban J connectivity index is 0.00000392. The number of hydrogen-bond acceptors (Lipinski definition) is 4. The molecule has 0 radical (unpaired) electrons. The highest BCUT2D eigenvalue weighted by atomic mass is 127. The van der Waals surface area contributed by atoms with Gasteiger partial charge >= 0.3 is 6.18 Å². The van der Waals surface area contributed by atoms with Crippen molar-refractivity contribution in [1.82, 2.24) is 15.1 Å². The molecule has 0 saturated carbocycles. The molecule has 1 aliphatic heterocycles. The Kier molecular flexibility index (Phi) is 9.00. The highest BCUT2D eigenvalue weighted by molar-refractivity contribution is 14.0. The number of guanidine groups is 1. The molecule has 0 bridgehead atoms. The van der Waals surface area contributed by atoms with Gasteiger partial charge in [0, 0.05) is 46.0 Å². The summed E-state index contributed by atoms with van der Waals surface area (Å²) in [4.78, 5) is 7.80. The molecule has 28 heavy (non-hydrogen) atoms. The minimum atomic E-state index is -4.22. The second-order valence-electron chi connectivity index (χ2n) is 6.56. The van der Waals surface area contributed by atoms with Gasteiger partial charge in [-0.25, -0.2) is 8.42 Å². The Labute approximate surface area is 181 Å². The summed E-state index contributed by atoms with van der Waals surface area (Å²) < 4.78 is 61.5. The minimum absolute atomic E-state index is 0. The predicted octanol–water partition coefficient (Wildman–Crippen LogP) is 2.35. The van der Waals surface area contributed by atoms with E-state index in [0.29, 0.717) is 38.7 Å². The first kappa shape index (κ1) is 25.0. The van der Waals surface area contributed by atoms with Crippen molar-refractivity contribution in [2.75, 3.05) is 39.5 Å². The van der Waals surface area contributed by atoms with Crippen LogP contribution in [0, 0.1) is 0 Å². The Hall–Kier alpha value is -1.08. The zero-order chi connectivity index (χ0) is 20.2. The molecule has 1 atom stereocenters. The van der Waals surface area contributed by atoms with Crippen molar-refractivity contribution in [3.05, 3.63) is 29.8 Å². The molecule has 2 rings (SSSR count). The summed E-state index contributed by atoms with van der Waals surface area (Å²) in [5.74, 6) is 0.613. The third kappa shape index (κ3) is 6.76. The lowest BCUT2D eigenvalue weighted by molar-refractivity contribution is -0.181.